The van der Waals surface area contributed by atoms with Crippen molar-refractivity contribution in [1.82, 2.24) is 19.8 Å². The number of rotatable bonds is 9. The summed E-state index contributed by atoms with van der Waals surface area (Å²) in [6.45, 7) is 6.99. The third-order valence-corrected chi connectivity index (χ3v) is 9.42. The Labute approximate surface area is 219 Å². The lowest BCUT2D eigenvalue weighted by Crippen LogP contribution is -2.51. The Morgan fingerprint density at radius 2 is 1.89 bits per heavy atom. The molecule has 2 aromatic rings. The highest BCUT2D eigenvalue weighted by Crippen LogP contribution is 2.38. The number of carboxylic acids is 1. The molecule has 2 saturated heterocycles. The van der Waals surface area contributed by atoms with E-state index in [1.807, 2.05) is 18.5 Å². The Balaban J connectivity index is 1.30. The summed E-state index contributed by atoms with van der Waals surface area (Å²) in [6, 6.07) is 4.62. The van der Waals surface area contributed by atoms with Crippen molar-refractivity contribution in [2.24, 2.45) is 5.92 Å². The van der Waals surface area contributed by atoms with Gasteiger partial charge in [-0.05, 0) is 66.5 Å². The number of hydrogen-bond donors (Lipinski definition) is 1. The molecular weight excluding hydrogens is 470 g/mol. The van der Waals surface area contributed by atoms with Crippen LogP contribution in [0.2, 0.25) is 0 Å². The van der Waals surface area contributed by atoms with Crippen LogP contribution in [0.3, 0.4) is 0 Å². The summed E-state index contributed by atoms with van der Waals surface area (Å²) in [5, 5.41) is 14.7. The molecule has 4 heterocycles. The number of aromatic nitrogens is 2. The molecule has 0 amide bonds. The molecule has 2 aliphatic heterocycles. The highest BCUT2D eigenvalue weighted by molar-refractivity contribution is 7.08. The van der Waals surface area contributed by atoms with Gasteiger partial charge in [-0.3, -0.25) is 14.6 Å². The number of hydrogen-bond acceptors (Lipinski definition) is 7. The van der Waals surface area contributed by atoms with Gasteiger partial charge in [-0.2, -0.15) is 11.3 Å². The molecule has 0 aromatic carbocycles. The van der Waals surface area contributed by atoms with Crippen molar-refractivity contribution in [1.29, 1.82) is 0 Å². The molecule has 36 heavy (non-hydrogen) atoms. The zero-order valence-corrected chi connectivity index (χ0v) is 22.4. The molecule has 3 atom stereocenters. The molecule has 0 radical (unpaired) electrons. The molecular formula is C28H41N5O2S. The van der Waals surface area contributed by atoms with Crippen LogP contribution < -0.4 is 4.90 Å². The lowest BCUT2D eigenvalue weighted by atomic mass is 9.83. The van der Waals surface area contributed by atoms with E-state index in [0.717, 1.165) is 70.8 Å². The van der Waals surface area contributed by atoms with Crippen LogP contribution in [0, 0.1) is 5.92 Å². The Morgan fingerprint density at radius 1 is 1.14 bits per heavy atom. The molecule has 5 rings (SSSR count). The third kappa shape index (κ3) is 5.60. The molecule has 3 fully saturated rings. The van der Waals surface area contributed by atoms with Crippen LogP contribution in [-0.2, 0) is 4.79 Å². The fourth-order valence-corrected chi connectivity index (χ4v) is 7.71. The molecule has 0 bridgehead atoms. The van der Waals surface area contributed by atoms with Crippen LogP contribution in [0.25, 0.3) is 0 Å². The van der Waals surface area contributed by atoms with Crippen molar-refractivity contribution < 1.29 is 9.90 Å². The van der Waals surface area contributed by atoms with Crippen molar-refractivity contribution in [3.8, 4) is 0 Å². The summed E-state index contributed by atoms with van der Waals surface area (Å²) in [4.78, 5) is 29.0. The molecule has 1 saturated carbocycles. The number of nitrogens with zero attached hydrogens (tertiary/aromatic N) is 5. The van der Waals surface area contributed by atoms with Gasteiger partial charge in [0.25, 0.3) is 0 Å². The Hall–Kier alpha value is -2.03. The molecule has 1 N–H and O–H groups in total. The maximum Gasteiger partial charge on any atom is 0.321 e. The van der Waals surface area contributed by atoms with E-state index in [2.05, 4.69) is 48.4 Å². The number of carboxylic acid groups (broad SMARTS) is 1. The summed E-state index contributed by atoms with van der Waals surface area (Å²) < 4.78 is 0. The van der Waals surface area contributed by atoms with E-state index in [1.165, 1.54) is 24.8 Å². The van der Waals surface area contributed by atoms with E-state index in [1.54, 1.807) is 11.3 Å². The van der Waals surface area contributed by atoms with Crippen molar-refractivity contribution >= 4 is 23.3 Å². The van der Waals surface area contributed by atoms with Crippen LogP contribution in [0.1, 0.15) is 69.8 Å². The zero-order chi connectivity index (χ0) is 24.9. The van der Waals surface area contributed by atoms with E-state index < -0.39 is 5.97 Å². The molecule has 7 nitrogen and oxygen atoms in total. The third-order valence-electron chi connectivity index (χ3n) is 8.71. The smallest absolute Gasteiger partial charge is 0.321 e. The molecule has 3 aliphatic rings. The largest absolute Gasteiger partial charge is 0.480 e. The monoisotopic (exact) mass is 511 g/mol. The van der Waals surface area contributed by atoms with Gasteiger partial charge in [0.05, 0.1) is 0 Å². The van der Waals surface area contributed by atoms with Crippen molar-refractivity contribution in [3.05, 3.63) is 40.8 Å². The summed E-state index contributed by atoms with van der Waals surface area (Å²) >= 11 is 1.75. The minimum Gasteiger partial charge on any atom is -0.480 e. The minimum absolute atomic E-state index is 0.289. The first-order valence-electron chi connectivity index (χ1n) is 13.9. The van der Waals surface area contributed by atoms with Gasteiger partial charge in [-0.25, -0.2) is 9.97 Å². The van der Waals surface area contributed by atoms with E-state index in [0.29, 0.717) is 18.0 Å². The standard InChI is InChI=1S/C28H41N5O2S/c1-2-14-33(28-29-12-6-13-30-28)23-9-15-31(16-10-23)25-19-32(18-24(25)22-11-17-36-20-22)26(27(34)35)21-7-4-3-5-8-21/h6,11-13,17,20-21,23-26H,2-5,7-10,14-16,18-19H2,1H3,(H,34,35). The van der Waals surface area contributed by atoms with Gasteiger partial charge >= 0.3 is 5.97 Å². The first kappa shape index (κ1) is 25.6. The second-order valence-electron chi connectivity index (χ2n) is 10.9. The molecule has 2 aromatic heterocycles. The minimum atomic E-state index is -0.622. The maximum atomic E-state index is 12.5. The Morgan fingerprint density at radius 3 is 2.53 bits per heavy atom. The van der Waals surface area contributed by atoms with Crippen molar-refractivity contribution in [3.63, 3.8) is 0 Å². The van der Waals surface area contributed by atoms with E-state index in [4.69, 9.17) is 0 Å². The van der Waals surface area contributed by atoms with Gasteiger partial charge in [0, 0.05) is 63.1 Å². The number of aliphatic carboxylic acids is 1. The van der Waals surface area contributed by atoms with Gasteiger partial charge < -0.3 is 10.0 Å². The lowest BCUT2D eigenvalue weighted by Gasteiger charge is -2.42. The average Bonchev–Trinajstić information content (AvgIpc) is 3.59. The van der Waals surface area contributed by atoms with E-state index in [9.17, 15) is 9.90 Å². The number of piperidine rings is 1. The first-order chi connectivity index (χ1) is 17.7. The summed E-state index contributed by atoms with van der Waals surface area (Å²) in [5.41, 5.74) is 1.38. The summed E-state index contributed by atoms with van der Waals surface area (Å²) in [6.07, 6.45) is 12.6. The van der Waals surface area contributed by atoms with Crippen LogP contribution in [-0.4, -0.2) is 81.7 Å². The molecule has 1 aliphatic carbocycles. The second-order valence-corrected chi connectivity index (χ2v) is 11.7. The quantitative estimate of drug-likeness (QED) is 0.522. The van der Waals surface area contributed by atoms with Gasteiger partial charge in [-0.15, -0.1) is 0 Å². The Kier molecular flexibility index (Phi) is 8.54. The highest BCUT2D eigenvalue weighted by atomic mass is 32.1. The number of carbonyl (C=O) groups is 1. The van der Waals surface area contributed by atoms with Crippen LogP contribution >= 0.6 is 11.3 Å². The average molecular weight is 512 g/mol. The fraction of sp³-hybridized carbons (Fsp3) is 0.679. The lowest BCUT2D eigenvalue weighted by molar-refractivity contribution is -0.145. The van der Waals surface area contributed by atoms with Crippen LogP contribution in [0.4, 0.5) is 5.95 Å². The predicted molar refractivity (Wildman–Crippen MR) is 145 cm³/mol. The molecule has 0 spiro atoms. The Bertz CT molecular complexity index is 944. The molecule has 196 valence electrons. The molecule has 3 unspecified atom stereocenters. The maximum absolute atomic E-state index is 12.5. The fourth-order valence-electron chi connectivity index (χ4n) is 6.99. The van der Waals surface area contributed by atoms with E-state index in [-0.39, 0.29) is 12.0 Å². The second kappa shape index (κ2) is 12.0. The van der Waals surface area contributed by atoms with Gasteiger partial charge in [0.1, 0.15) is 6.04 Å². The van der Waals surface area contributed by atoms with Crippen LogP contribution in [0.15, 0.2) is 35.3 Å². The summed E-state index contributed by atoms with van der Waals surface area (Å²) in [5.74, 6) is 0.890. The van der Waals surface area contributed by atoms with Crippen molar-refractivity contribution in [2.45, 2.75) is 82.3 Å². The van der Waals surface area contributed by atoms with Gasteiger partial charge in [-0.1, -0.05) is 26.2 Å². The topological polar surface area (TPSA) is 72.8 Å². The normalized spacial score (nSPS) is 25.7. The van der Waals surface area contributed by atoms with Crippen molar-refractivity contribution in [2.75, 3.05) is 37.6 Å². The SMILES string of the molecule is CCCN(c1ncccn1)C1CCN(C2CN(C(C(=O)O)C3CCCCC3)CC2c2ccsc2)CC1. The summed E-state index contributed by atoms with van der Waals surface area (Å²) in [7, 11) is 0. The molecule has 8 heteroatoms. The van der Waals surface area contributed by atoms with Crippen LogP contribution in [0.5, 0.6) is 0 Å². The number of thiophene rings is 1. The number of anilines is 1. The first-order valence-corrected chi connectivity index (χ1v) is 14.9. The van der Waals surface area contributed by atoms with Gasteiger partial charge in [0.2, 0.25) is 5.95 Å². The number of likely N-dealkylation sites (tertiary alicyclic amines) is 2. The van der Waals surface area contributed by atoms with Gasteiger partial charge in [0.15, 0.2) is 0 Å². The predicted octanol–water partition coefficient (Wildman–Crippen LogP) is 4.72. The van der Waals surface area contributed by atoms with E-state index >= 15 is 0 Å². The zero-order valence-electron chi connectivity index (χ0n) is 21.5. The highest BCUT2D eigenvalue weighted by Gasteiger charge is 2.45.